The minimum absolute atomic E-state index is 0.0280. The summed E-state index contributed by atoms with van der Waals surface area (Å²) in [5.74, 6) is 0. The van der Waals surface area contributed by atoms with Gasteiger partial charge in [-0.15, -0.1) is 0 Å². The number of rotatable bonds is 3. The van der Waals surface area contributed by atoms with Gasteiger partial charge < -0.3 is 0 Å². The molecule has 0 fully saturated rings. The van der Waals surface area contributed by atoms with Gasteiger partial charge in [0.15, 0.2) is 0 Å². The Morgan fingerprint density at radius 1 is 1.03 bits per heavy atom. The summed E-state index contributed by atoms with van der Waals surface area (Å²) in [5.41, 5.74) is -0.172. The average molecular weight is 418 g/mol. The molecule has 0 saturated heterocycles. The summed E-state index contributed by atoms with van der Waals surface area (Å²) in [5, 5.41) is 14.2. The van der Waals surface area contributed by atoms with Crippen LogP contribution in [0.15, 0.2) is 53.7 Å². The van der Waals surface area contributed by atoms with Gasteiger partial charge in [-0.25, -0.2) is 13.6 Å². The van der Waals surface area contributed by atoms with Gasteiger partial charge in [-0.05, 0) is 53.9 Å². The fraction of sp³-hybridized carbons (Fsp3) is 0.105. The number of primary sulfonamides is 1. The summed E-state index contributed by atoms with van der Waals surface area (Å²) in [6.45, 7) is 1.62. The quantitative estimate of drug-likeness (QED) is 0.698. The van der Waals surface area contributed by atoms with Gasteiger partial charge in [0, 0.05) is 12.4 Å². The monoisotopic (exact) mass is 418 g/mol. The Kier molecular flexibility index (Phi) is 5.13. The summed E-state index contributed by atoms with van der Waals surface area (Å²) in [6, 6.07) is 9.79. The molecule has 2 N–H and O–H groups in total. The van der Waals surface area contributed by atoms with Gasteiger partial charge in [0.25, 0.3) is 0 Å². The van der Waals surface area contributed by atoms with Crippen molar-refractivity contribution in [1.29, 1.82) is 5.26 Å². The molecule has 3 rings (SSSR count). The van der Waals surface area contributed by atoms with Crippen LogP contribution in [0.3, 0.4) is 0 Å². The van der Waals surface area contributed by atoms with Crippen LogP contribution in [0.2, 0.25) is 0 Å². The molecule has 0 aliphatic rings. The van der Waals surface area contributed by atoms with E-state index < -0.39 is 21.8 Å². The van der Waals surface area contributed by atoms with Crippen molar-refractivity contribution in [3.63, 3.8) is 0 Å². The first-order valence-electron chi connectivity index (χ1n) is 8.08. The predicted molar refractivity (Wildman–Crippen MR) is 98.7 cm³/mol. The molecule has 10 heteroatoms. The second-order valence-electron chi connectivity index (χ2n) is 6.18. The zero-order valence-electron chi connectivity index (χ0n) is 14.9. The third kappa shape index (κ3) is 4.26. The van der Waals surface area contributed by atoms with Crippen LogP contribution in [0.1, 0.15) is 16.7 Å². The highest BCUT2D eigenvalue weighted by Crippen LogP contribution is 2.39. The van der Waals surface area contributed by atoms with Gasteiger partial charge in [0.2, 0.25) is 10.0 Å². The molecule has 148 valence electrons. The summed E-state index contributed by atoms with van der Waals surface area (Å²) in [4.78, 5) is 7.56. The molecule has 0 spiro atoms. The third-order valence-electron chi connectivity index (χ3n) is 4.19. The van der Waals surface area contributed by atoms with Crippen molar-refractivity contribution < 1.29 is 21.6 Å². The SMILES string of the molecule is Cc1ccc(C#N)cc1-c1cc(-c2cc(S(N)(=O)=O)ccn2)ncc1C(F)(F)F. The van der Waals surface area contributed by atoms with Gasteiger partial charge in [-0.1, -0.05) is 6.07 Å². The van der Waals surface area contributed by atoms with E-state index in [0.717, 1.165) is 6.07 Å². The van der Waals surface area contributed by atoms with E-state index >= 15 is 0 Å². The average Bonchev–Trinajstić information content (AvgIpc) is 2.66. The van der Waals surface area contributed by atoms with Crippen LogP contribution in [-0.4, -0.2) is 18.4 Å². The maximum atomic E-state index is 13.6. The second-order valence-corrected chi connectivity index (χ2v) is 7.74. The lowest BCUT2D eigenvalue weighted by atomic mass is 9.94. The largest absolute Gasteiger partial charge is 0.418 e. The molecule has 0 atom stereocenters. The Morgan fingerprint density at radius 2 is 1.72 bits per heavy atom. The van der Waals surface area contributed by atoms with Gasteiger partial charge >= 0.3 is 6.18 Å². The number of hydrogen-bond donors (Lipinski definition) is 1. The maximum Gasteiger partial charge on any atom is 0.418 e. The lowest BCUT2D eigenvalue weighted by Crippen LogP contribution is -2.12. The van der Waals surface area contributed by atoms with E-state index in [-0.39, 0.29) is 33.0 Å². The number of pyridine rings is 2. The molecule has 0 aliphatic heterocycles. The summed E-state index contributed by atoms with van der Waals surface area (Å²) < 4.78 is 63.9. The number of nitrogens with two attached hydrogens (primary N) is 1. The van der Waals surface area contributed by atoms with Crippen molar-refractivity contribution in [2.24, 2.45) is 5.14 Å². The van der Waals surface area contributed by atoms with E-state index in [4.69, 9.17) is 10.4 Å². The number of halogens is 3. The van der Waals surface area contributed by atoms with E-state index in [2.05, 4.69) is 9.97 Å². The smallest absolute Gasteiger partial charge is 0.255 e. The molecule has 29 heavy (non-hydrogen) atoms. The first-order chi connectivity index (χ1) is 13.5. The van der Waals surface area contributed by atoms with Gasteiger partial charge in [-0.2, -0.15) is 18.4 Å². The number of nitriles is 1. The first-order valence-corrected chi connectivity index (χ1v) is 9.63. The number of sulfonamides is 1. The normalized spacial score (nSPS) is 11.9. The lowest BCUT2D eigenvalue weighted by molar-refractivity contribution is -0.137. The third-order valence-corrected chi connectivity index (χ3v) is 5.10. The van der Waals surface area contributed by atoms with E-state index in [0.29, 0.717) is 11.8 Å². The molecule has 2 aromatic heterocycles. The van der Waals surface area contributed by atoms with Crippen molar-refractivity contribution in [3.8, 4) is 28.6 Å². The highest BCUT2D eigenvalue weighted by Gasteiger charge is 2.35. The minimum Gasteiger partial charge on any atom is -0.255 e. The molecule has 0 saturated carbocycles. The number of benzene rings is 1. The van der Waals surface area contributed by atoms with E-state index in [1.54, 1.807) is 13.0 Å². The fourth-order valence-corrected chi connectivity index (χ4v) is 3.28. The standard InChI is InChI=1S/C19H13F3N4O2S/c1-11-2-3-12(9-23)6-14(11)15-8-18(26-10-16(15)19(20,21)22)17-7-13(4-5-25-17)29(24,27)28/h2-8,10H,1H3,(H2,24,27,28). The summed E-state index contributed by atoms with van der Waals surface area (Å²) in [7, 11) is -4.03. The lowest BCUT2D eigenvalue weighted by Gasteiger charge is -2.16. The molecule has 3 aromatic rings. The molecule has 0 unspecified atom stereocenters. The number of alkyl halides is 3. The molecule has 0 radical (unpaired) electrons. The molecule has 0 bridgehead atoms. The molecule has 6 nitrogen and oxygen atoms in total. The molecule has 2 heterocycles. The minimum atomic E-state index is -4.69. The zero-order chi connectivity index (χ0) is 21.4. The zero-order valence-corrected chi connectivity index (χ0v) is 15.7. The molecule has 1 aromatic carbocycles. The van der Waals surface area contributed by atoms with Crippen molar-refractivity contribution in [1.82, 2.24) is 9.97 Å². The van der Waals surface area contributed by atoms with Crippen LogP contribution in [0, 0.1) is 18.3 Å². The Bertz CT molecular complexity index is 1250. The molecular weight excluding hydrogens is 405 g/mol. The van der Waals surface area contributed by atoms with E-state index in [9.17, 15) is 21.6 Å². The second kappa shape index (κ2) is 7.27. The van der Waals surface area contributed by atoms with Crippen molar-refractivity contribution in [2.45, 2.75) is 18.0 Å². The predicted octanol–water partition coefficient (Wildman–Crippen LogP) is 3.66. The van der Waals surface area contributed by atoms with Crippen molar-refractivity contribution >= 4 is 10.0 Å². The van der Waals surface area contributed by atoms with Crippen molar-refractivity contribution in [3.05, 3.63) is 65.5 Å². The van der Waals surface area contributed by atoms with Crippen LogP contribution in [0.5, 0.6) is 0 Å². The number of nitrogens with zero attached hydrogens (tertiary/aromatic N) is 3. The van der Waals surface area contributed by atoms with E-state index in [1.165, 1.54) is 30.5 Å². The Labute approximate surface area is 164 Å². The maximum absolute atomic E-state index is 13.6. The highest BCUT2D eigenvalue weighted by molar-refractivity contribution is 7.89. The van der Waals surface area contributed by atoms with Gasteiger partial charge in [0.1, 0.15) is 0 Å². The van der Waals surface area contributed by atoms with Crippen LogP contribution >= 0.6 is 0 Å². The van der Waals surface area contributed by atoms with Crippen molar-refractivity contribution in [2.75, 3.05) is 0 Å². The Balaban J connectivity index is 2.28. The number of aryl methyl sites for hydroxylation is 1. The summed E-state index contributed by atoms with van der Waals surface area (Å²) in [6.07, 6.45) is -2.85. The van der Waals surface area contributed by atoms with Crippen LogP contribution < -0.4 is 5.14 Å². The summed E-state index contributed by atoms with van der Waals surface area (Å²) >= 11 is 0. The Morgan fingerprint density at radius 3 is 2.34 bits per heavy atom. The Hall–Kier alpha value is -3.29. The van der Waals surface area contributed by atoms with Crippen LogP contribution in [-0.2, 0) is 16.2 Å². The molecular formula is C19H13F3N4O2S. The number of aromatic nitrogens is 2. The first kappa shape index (κ1) is 20.4. The fourth-order valence-electron chi connectivity index (χ4n) is 2.75. The van der Waals surface area contributed by atoms with Gasteiger partial charge in [0.05, 0.1) is 33.5 Å². The van der Waals surface area contributed by atoms with Gasteiger partial charge in [-0.3, -0.25) is 9.97 Å². The van der Waals surface area contributed by atoms with Crippen LogP contribution in [0.25, 0.3) is 22.5 Å². The molecule has 0 amide bonds. The van der Waals surface area contributed by atoms with E-state index in [1.807, 2.05) is 6.07 Å². The van der Waals surface area contributed by atoms with Crippen LogP contribution in [0.4, 0.5) is 13.2 Å². The highest BCUT2D eigenvalue weighted by atomic mass is 32.2. The molecule has 0 aliphatic carbocycles. The number of hydrogen-bond acceptors (Lipinski definition) is 5. The topological polar surface area (TPSA) is 110 Å².